The highest BCUT2D eigenvalue weighted by Crippen LogP contribution is 2.56. The molecule has 2 atom stereocenters. The van der Waals surface area contributed by atoms with E-state index in [-0.39, 0.29) is 27.8 Å². The second-order valence-corrected chi connectivity index (χ2v) is 9.17. The highest BCUT2D eigenvalue weighted by atomic mass is 35.5. The van der Waals surface area contributed by atoms with Gasteiger partial charge in [0.2, 0.25) is 5.60 Å². The number of nitrogens with zero attached hydrogens (tertiary/aromatic N) is 2. The monoisotopic (exact) mass is 564 g/mol. The van der Waals surface area contributed by atoms with E-state index < -0.39 is 53.1 Å². The fourth-order valence-electron chi connectivity index (χ4n) is 4.23. The van der Waals surface area contributed by atoms with Gasteiger partial charge in [0.05, 0.1) is 29.4 Å². The van der Waals surface area contributed by atoms with E-state index in [4.69, 9.17) is 28.0 Å². The van der Waals surface area contributed by atoms with Gasteiger partial charge in [-0.2, -0.15) is 31.4 Å². The summed E-state index contributed by atoms with van der Waals surface area (Å²) in [4.78, 5) is 21.0. The molecule has 0 bridgehead atoms. The van der Waals surface area contributed by atoms with Crippen LogP contribution < -0.4 is 0 Å². The summed E-state index contributed by atoms with van der Waals surface area (Å²) in [6.07, 6.45) is -9.59. The van der Waals surface area contributed by atoms with Crippen LogP contribution in [0.3, 0.4) is 0 Å². The normalized spacial score (nSPS) is 20.8. The molecule has 4 rings (SSSR count). The Bertz CT molecular complexity index is 1300. The molecule has 2 unspecified atom stereocenters. The average Bonchev–Trinajstić information content (AvgIpc) is 3.19. The number of alkyl halides is 6. The number of hydrogen-bond donors (Lipinski definition) is 1. The minimum Gasteiger partial charge on any atom is -0.478 e. The number of carbonyl (C=O) groups is 1. The zero-order chi connectivity index (χ0) is 27.2. The summed E-state index contributed by atoms with van der Waals surface area (Å²) in [5.41, 5.74) is -5.93. The molecule has 1 saturated heterocycles. The van der Waals surface area contributed by atoms with E-state index in [1.54, 1.807) is 12.1 Å². The lowest BCUT2D eigenvalue weighted by Gasteiger charge is -2.31. The van der Waals surface area contributed by atoms with Crippen molar-refractivity contribution in [2.24, 2.45) is 0 Å². The molecule has 13 heteroatoms. The van der Waals surface area contributed by atoms with Crippen molar-refractivity contribution in [2.45, 2.75) is 37.0 Å². The molecule has 1 N–H and O–H groups in total. The molecule has 1 aliphatic rings. The number of rotatable bonds is 5. The summed E-state index contributed by atoms with van der Waals surface area (Å²) < 4.78 is 85.1. The first-order chi connectivity index (χ1) is 17.2. The van der Waals surface area contributed by atoms with Gasteiger partial charge in [-0.05, 0) is 53.6 Å². The Morgan fingerprint density at radius 2 is 1.73 bits per heavy atom. The minimum atomic E-state index is -5.07. The molecule has 0 spiro atoms. The van der Waals surface area contributed by atoms with Crippen molar-refractivity contribution in [1.29, 1.82) is 0 Å². The zero-order valence-corrected chi connectivity index (χ0v) is 20.0. The van der Waals surface area contributed by atoms with E-state index in [9.17, 15) is 36.2 Å². The number of pyridine rings is 1. The fourth-order valence-corrected chi connectivity index (χ4v) is 4.76. The predicted molar refractivity (Wildman–Crippen MR) is 121 cm³/mol. The third-order valence-electron chi connectivity index (χ3n) is 5.90. The first-order valence-corrected chi connectivity index (χ1v) is 11.3. The van der Waals surface area contributed by atoms with Crippen molar-refractivity contribution in [3.63, 3.8) is 0 Å². The molecule has 0 amide bonds. The number of hydrogen-bond acceptors (Lipinski definition) is 4. The highest BCUT2D eigenvalue weighted by Gasteiger charge is 2.64. The van der Waals surface area contributed by atoms with Gasteiger partial charge in [0.1, 0.15) is 0 Å². The van der Waals surface area contributed by atoms with Crippen molar-refractivity contribution in [1.82, 2.24) is 10.0 Å². The third kappa shape index (κ3) is 5.40. The second kappa shape index (κ2) is 9.79. The Labute approximate surface area is 216 Å². The Morgan fingerprint density at radius 1 is 1.05 bits per heavy atom. The highest BCUT2D eigenvalue weighted by molar-refractivity contribution is 6.34. The number of carboxylic acid groups (broad SMARTS) is 1. The molecule has 1 aromatic heterocycles. The standard InChI is InChI=1S/C24H16Cl2F6N2O3/c25-15-8-14(9-16(26)10-15)22(24(30,31)32)11-20(34(37-22)12-17-3-1-2-6-33-17)13-4-5-18(21(35)36)19(7-13)23(27,28)29/h1-10,20H,11-12H2,(H,35,36). The summed E-state index contributed by atoms with van der Waals surface area (Å²) in [5, 5.41) is 9.90. The van der Waals surface area contributed by atoms with E-state index in [2.05, 4.69) is 4.98 Å². The lowest BCUT2D eigenvalue weighted by atomic mass is 9.85. The van der Waals surface area contributed by atoms with Crippen molar-refractivity contribution in [3.8, 4) is 0 Å². The number of aromatic nitrogens is 1. The second-order valence-electron chi connectivity index (χ2n) is 8.30. The van der Waals surface area contributed by atoms with Crippen LogP contribution in [-0.4, -0.2) is 27.3 Å². The third-order valence-corrected chi connectivity index (χ3v) is 6.33. The summed E-state index contributed by atoms with van der Waals surface area (Å²) in [6.45, 7) is -0.320. The molecule has 1 aliphatic heterocycles. The Balaban J connectivity index is 1.89. The van der Waals surface area contributed by atoms with Crippen LogP contribution in [0.2, 0.25) is 10.0 Å². The molecular formula is C24H16Cl2F6N2O3. The van der Waals surface area contributed by atoms with E-state index >= 15 is 0 Å². The summed E-state index contributed by atoms with van der Waals surface area (Å²) in [5.74, 6) is -1.83. The maximum Gasteiger partial charge on any atom is 0.423 e. The number of aromatic carboxylic acids is 1. The largest absolute Gasteiger partial charge is 0.478 e. The number of benzene rings is 2. The molecular weight excluding hydrogens is 549 g/mol. The van der Waals surface area contributed by atoms with Crippen LogP contribution in [0.15, 0.2) is 60.8 Å². The molecule has 37 heavy (non-hydrogen) atoms. The van der Waals surface area contributed by atoms with Gasteiger partial charge in [0.25, 0.3) is 0 Å². The molecule has 0 saturated carbocycles. The van der Waals surface area contributed by atoms with Crippen molar-refractivity contribution in [3.05, 3.63) is 98.8 Å². The van der Waals surface area contributed by atoms with Gasteiger partial charge in [-0.3, -0.25) is 9.82 Å². The van der Waals surface area contributed by atoms with E-state index in [1.807, 2.05) is 0 Å². The molecule has 196 valence electrons. The van der Waals surface area contributed by atoms with Gasteiger partial charge in [-0.15, -0.1) is 0 Å². The van der Waals surface area contributed by atoms with Crippen molar-refractivity contribution in [2.75, 3.05) is 0 Å². The van der Waals surface area contributed by atoms with Gasteiger partial charge in [-0.25, -0.2) is 4.79 Å². The molecule has 5 nitrogen and oxygen atoms in total. The van der Waals surface area contributed by atoms with Gasteiger partial charge in [-0.1, -0.05) is 35.3 Å². The minimum absolute atomic E-state index is 0.0976. The van der Waals surface area contributed by atoms with Crippen molar-refractivity contribution < 1.29 is 41.1 Å². The average molecular weight is 565 g/mol. The Hall–Kier alpha value is -2.86. The van der Waals surface area contributed by atoms with Crippen LogP contribution in [0.1, 0.15) is 45.2 Å². The quantitative estimate of drug-likeness (QED) is 0.326. The molecule has 2 aromatic carbocycles. The molecule has 0 radical (unpaired) electrons. The van der Waals surface area contributed by atoms with Crippen molar-refractivity contribution >= 4 is 29.2 Å². The lowest BCUT2D eigenvalue weighted by Crippen LogP contribution is -2.43. The van der Waals surface area contributed by atoms with Gasteiger partial charge < -0.3 is 5.11 Å². The fraction of sp³-hybridized carbons (Fsp3) is 0.250. The van der Waals surface area contributed by atoms with Gasteiger partial charge in [0, 0.05) is 22.7 Å². The van der Waals surface area contributed by atoms with Gasteiger partial charge >= 0.3 is 18.3 Å². The maximum absolute atomic E-state index is 14.7. The van der Waals surface area contributed by atoms with E-state index in [1.165, 1.54) is 18.3 Å². The Kier molecular flexibility index (Phi) is 7.19. The van der Waals surface area contributed by atoms with E-state index in [0.29, 0.717) is 12.1 Å². The molecule has 0 aliphatic carbocycles. The predicted octanol–water partition coefficient (Wildman–Crippen LogP) is 7.44. The smallest absolute Gasteiger partial charge is 0.423 e. The van der Waals surface area contributed by atoms with Crippen LogP contribution in [0.25, 0.3) is 0 Å². The van der Waals surface area contributed by atoms with Crippen LogP contribution >= 0.6 is 23.2 Å². The lowest BCUT2D eigenvalue weighted by molar-refractivity contribution is -0.330. The maximum atomic E-state index is 14.7. The number of hydroxylamine groups is 2. The van der Waals surface area contributed by atoms with Gasteiger partial charge in [0.15, 0.2) is 0 Å². The topological polar surface area (TPSA) is 62.7 Å². The summed E-state index contributed by atoms with van der Waals surface area (Å²) in [7, 11) is 0. The molecule has 2 heterocycles. The van der Waals surface area contributed by atoms with Crippen LogP contribution in [0.4, 0.5) is 26.3 Å². The number of halogens is 8. The zero-order valence-electron chi connectivity index (χ0n) is 18.4. The molecule has 3 aromatic rings. The van der Waals surface area contributed by atoms with Crippen LogP contribution in [0.5, 0.6) is 0 Å². The first-order valence-electron chi connectivity index (χ1n) is 10.5. The summed E-state index contributed by atoms with van der Waals surface area (Å²) >= 11 is 11.9. The van der Waals surface area contributed by atoms with Crippen LogP contribution in [-0.2, 0) is 23.2 Å². The van der Waals surface area contributed by atoms with E-state index in [0.717, 1.165) is 23.3 Å². The summed E-state index contributed by atoms with van der Waals surface area (Å²) in [6, 6.07) is 8.86. The Morgan fingerprint density at radius 3 is 2.27 bits per heavy atom. The SMILES string of the molecule is O=C(O)c1ccc(C2CC(c3cc(Cl)cc(Cl)c3)(C(F)(F)F)ON2Cc2ccccn2)cc1C(F)(F)F. The first kappa shape index (κ1) is 27.2. The van der Waals surface area contributed by atoms with Crippen LogP contribution in [0, 0.1) is 0 Å². The number of carboxylic acids is 1. The molecule has 1 fully saturated rings.